The molecule has 0 bridgehead atoms. The number of hydrogen-bond acceptors (Lipinski definition) is 3. The van der Waals surface area contributed by atoms with Gasteiger partial charge in [-0.05, 0) is 36.6 Å². The molecule has 1 aromatic rings. The molecule has 0 aromatic heterocycles. The highest BCUT2D eigenvalue weighted by Gasteiger charge is 2.25. The van der Waals surface area contributed by atoms with Gasteiger partial charge in [-0.25, -0.2) is 12.7 Å². The Hall–Kier alpha value is -1.08. The second-order valence-electron chi connectivity index (χ2n) is 5.44. The van der Waals surface area contributed by atoms with E-state index >= 15 is 0 Å². The highest BCUT2D eigenvalue weighted by Crippen LogP contribution is 2.22. The molecule has 2 rings (SSSR count). The Bertz CT molecular complexity index is 711. The third kappa shape index (κ3) is 5.49. The van der Waals surface area contributed by atoms with E-state index in [1.165, 1.54) is 16.6 Å². The van der Waals surface area contributed by atoms with Crippen molar-refractivity contribution in [2.45, 2.75) is 18.9 Å². The van der Waals surface area contributed by atoms with Gasteiger partial charge in [0.1, 0.15) is 0 Å². The van der Waals surface area contributed by atoms with Crippen LogP contribution in [0.3, 0.4) is 0 Å². The van der Waals surface area contributed by atoms with Crippen LogP contribution in [0, 0.1) is 0 Å². The monoisotopic (exact) mass is 376 g/mol. The lowest BCUT2D eigenvalue weighted by Gasteiger charge is -2.30. The first-order chi connectivity index (χ1) is 10.8. The van der Waals surface area contributed by atoms with Crippen LogP contribution >= 0.6 is 23.2 Å². The zero-order chi connectivity index (χ0) is 17.0. The minimum absolute atomic E-state index is 0.0224. The van der Waals surface area contributed by atoms with Gasteiger partial charge in [-0.1, -0.05) is 29.3 Å². The minimum atomic E-state index is -3.15. The van der Waals surface area contributed by atoms with Gasteiger partial charge < -0.3 is 5.32 Å². The number of piperidine rings is 1. The Morgan fingerprint density at radius 2 is 1.96 bits per heavy atom. The summed E-state index contributed by atoms with van der Waals surface area (Å²) < 4.78 is 24.3. The molecule has 0 aliphatic carbocycles. The van der Waals surface area contributed by atoms with E-state index in [4.69, 9.17) is 23.2 Å². The number of amides is 1. The fourth-order valence-corrected chi connectivity index (χ4v) is 3.73. The molecule has 0 atom stereocenters. The van der Waals surface area contributed by atoms with Crippen LogP contribution in [0.2, 0.25) is 10.0 Å². The van der Waals surface area contributed by atoms with Crippen molar-refractivity contribution in [1.29, 1.82) is 0 Å². The van der Waals surface area contributed by atoms with E-state index in [0.717, 1.165) is 0 Å². The number of rotatable bonds is 4. The zero-order valence-electron chi connectivity index (χ0n) is 12.6. The normalized spacial score (nSPS) is 17.5. The highest BCUT2D eigenvalue weighted by atomic mass is 35.5. The molecule has 1 aromatic carbocycles. The van der Waals surface area contributed by atoms with Gasteiger partial charge in [0.05, 0.1) is 6.26 Å². The minimum Gasteiger partial charge on any atom is -0.350 e. The van der Waals surface area contributed by atoms with Crippen LogP contribution in [-0.4, -0.2) is 44.0 Å². The lowest BCUT2D eigenvalue weighted by molar-refractivity contribution is -0.117. The average molecular weight is 377 g/mol. The lowest BCUT2D eigenvalue weighted by atomic mass is 10.1. The second-order valence-corrected chi connectivity index (χ2v) is 8.27. The number of sulfonamides is 1. The molecule has 1 fully saturated rings. The van der Waals surface area contributed by atoms with Crippen molar-refractivity contribution in [3.8, 4) is 0 Å². The maximum Gasteiger partial charge on any atom is 0.244 e. The van der Waals surface area contributed by atoms with Crippen molar-refractivity contribution < 1.29 is 13.2 Å². The Balaban J connectivity index is 1.87. The molecule has 1 aliphatic rings. The first kappa shape index (κ1) is 18.3. The van der Waals surface area contributed by atoms with Crippen molar-refractivity contribution in [2.75, 3.05) is 19.3 Å². The fraction of sp³-hybridized carbons (Fsp3) is 0.400. The van der Waals surface area contributed by atoms with E-state index in [-0.39, 0.29) is 11.9 Å². The number of nitrogens with one attached hydrogen (secondary N) is 1. The molecule has 126 valence electrons. The van der Waals surface area contributed by atoms with Gasteiger partial charge in [0.15, 0.2) is 0 Å². The highest BCUT2D eigenvalue weighted by molar-refractivity contribution is 7.88. The number of halogens is 2. The van der Waals surface area contributed by atoms with E-state index in [1.807, 2.05) is 0 Å². The topological polar surface area (TPSA) is 66.5 Å². The molecule has 0 radical (unpaired) electrons. The number of carbonyl (C=O) groups excluding carboxylic acids is 1. The predicted molar refractivity (Wildman–Crippen MR) is 93.1 cm³/mol. The molecule has 1 N–H and O–H groups in total. The van der Waals surface area contributed by atoms with Crippen LogP contribution in [0.1, 0.15) is 18.4 Å². The maximum atomic E-state index is 11.9. The summed E-state index contributed by atoms with van der Waals surface area (Å²) in [5.41, 5.74) is 0.707. The fourth-order valence-electron chi connectivity index (χ4n) is 2.38. The first-order valence-electron chi connectivity index (χ1n) is 7.14. The molecule has 1 amide bonds. The summed E-state index contributed by atoms with van der Waals surface area (Å²) in [5, 5.41) is 3.89. The van der Waals surface area contributed by atoms with E-state index in [9.17, 15) is 13.2 Å². The third-order valence-electron chi connectivity index (χ3n) is 3.65. The Morgan fingerprint density at radius 1 is 1.30 bits per heavy atom. The van der Waals surface area contributed by atoms with Crippen LogP contribution in [0.25, 0.3) is 6.08 Å². The van der Waals surface area contributed by atoms with Crippen LogP contribution in [0.4, 0.5) is 0 Å². The molecule has 5 nitrogen and oxygen atoms in total. The zero-order valence-corrected chi connectivity index (χ0v) is 15.0. The summed E-state index contributed by atoms with van der Waals surface area (Å²) in [7, 11) is -3.15. The largest absolute Gasteiger partial charge is 0.350 e. The molecule has 1 aliphatic heterocycles. The van der Waals surface area contributed by atoms with E-state index in [1.54, 1.807) is 24.3 Å². The van der Waals surface area contributed by atoms with Crippen LogP contribution in [0.15, 0.2) is 24.3 Å². The average Bonchev–Trinajstić information content (AvgIpc) is 2.46. The number of hydrogen-bond donors (Lipinski definition) is 1. The van der Waals surface area contributed by atoms with E-state index in [2.05, 4.69) is 5.32 Å². The summed E-state index contributed by atoms with van der Waals surface area (Å²) in [4.78, 5) is 11.9. The van der Waals surface area contributed by atoms with Gasteiger partial charge in [0.2, 0.25) is 15.9 Å². The van der Waals surface area contributed by atoms with Crippen LogP contribution in [0.5, 0.6) is 0 Å². The Morgan fingerprint density at radius 3 is 2.52 bits per heavy atom. The molecule has 0 saturated carbocycles. The van der Waals surface area contributed by atoms with Gasteiger partial charge in [-0.2, -0.15) is 0 Å². The molecule has 0 spiro atoms. The molecule has 8 heteroatoms. The van der Waals surface area contributed by atoms with E-state index in [0.29, 0.717) is 41.5 Å². The standard InChI is InChI=1S/C15H18Cl2N2O3S/c1-23(21,22)19-8-6-13(7-9-19)18-15(20)5-3-11-2-4-12(16)10-14(11)17/h2-5,10,13H,6-9H2,1H3,(H,18,20)/b5-3+. The summed E-state index contributed by atoms with van der Waals surface area (Å²) in [6.07, 6.45) is 5.45. The lowest BCUT2D eigenvalue weighted by Crippen LogP contribution is -2.45. The Labute approximate surface area is 146 Å². The molecule has 1 heterocycles. The summed E-state index contributed by atoms with van der Waals surface area (Å²) >= 11 is 11.9. The Kier molecular flexibility index (Phi) is 6.08. The molecule has 1 saturated heterocycles. The summed E-state index contributed by atoms with van der Waals surface area (Å²) in [5.74, 6) is -0.228. The van der Waals surface area contributed by atoms with Crippen molar-refractivity contribution in [3.05, 3.63) is 39.9 Å². The van der Waals surface area contributed by atoms with Gasteiger partial charge >= 0.3 is 0 Å². The molecular weight excluding hydrogens is 359 g/mol. The number of carbonyl (C=O) groups is 1. The van der Waals surface area contributed by atoms with Crippen molar-refractivity contribution >= 4 is 45.2 Å². The summed E-state index contributed by atoms with van der Waals surface area (Å²) in [6, 6.07) is 5.03. The van der Waals surface area contributed by atoms with Crippen molar-refractivity contribution in [3.63, 3.8) is 0 Å². The van der Waals surface area contributed by atoms with Gasteiger partial charge in [0, 0.05) is 35.3 Å². The second kappa shape index (κ2) is 7.66. The van der Waals surface area contributed by atoms with Crippen molar-refractivity contribution in [1.82, 2.24) is 9.62 Å². The van der Waals surface area contributed by atoms with Gasteiger partial charge in [-0.3, -0.25) is 4.79 Å². The maximum absolute atomic E-state index is 11.9. The van der Waals surface area contributed by atoms with Crippen molar-refractivity contribution in [2.24, 2.45) is 0 Å². The number of nitrogens with zero attached hydrogens (tertiary/aromatic N) is 1. The molecule has 23 heavy (non-hydrogen) atoms. The van der Waals surface area contributed by atoms with Gasteiger partial charge in [-0.15, -0.1) is 0 Å². The van der Waals surface area contributed by atoms with E-state index < -0.39 is 10.0 Å². The smallest absolute Gasteiger partial charge is 0.244 e. The third-order valence-corrected chi connectivity index (χ3v) is 5.51. The molecular formula is C15H18Cl2N2O3S. The van der Waals surface area contributed by atoms with Crippen LogP contribution < -0.4 is 5.32 Å². The number of benzene rings is 1. The quantitative estimate of drug-likeness (QED) is 0.821. The van der Waals surface area contributed by atoms with Crippen LogP contribution in [-0.2, 0) is 14.8 Å². The molecule has 0 unspecified atom stereocenters. The first-order valence-corrected chi connectivity index (χ1v) is 9.75. The predicted octanol–water partition coefficient (Wildman–Crippen LogP) is 2.55. The summed E-state index contributed by atoms with van der Waals surface area (Å²) in [6.45, 7) is 0.854. The van der Waals surface area contributed by atoms with Gasteiger partial charge in [0.25, 0.3) is 0 Å². The SMILES string of the molecule is CS(=O)(=O)N1CCC(NC(=O)/C=C/c2ccc(Cl)cc2Cl)CC1.